The van der Waals surface area contributed by atoms with Crippen LogP contribution in [0.1, 0.15) is 5.56 Å². The van der Waals surface area contributed by atoms with Gasteiger partial charge in [-0.25, -0.2) is 4.79 Å². The maximum atomic E-state index is 12.5. The van der Waals surface area contributed by atoms with E-state index in [9.17, 15) is 4.79 Å². The van der Waals surface area contributed by atoms with E-state index in [1.165, 1.54) is 0 Å². The molecule has 0 amide bonds. The van der Waals surface area contributed by atoms with Crippen molar-refractivity contribution in [1.29, 1.82) is 0 Å². The lowest BCUT2D eigenvalue weighted by Gasteiger charge is -2.09. The van der Waals surface area contributed by atoms with Crippen molar-refractivity contribution in [2.45, 2.75) is 0 Å². The maximum absolute atomic E-state index is 12.5. The molecule has 0 radical (unpaired) electrons. The normalized spacial score (nSPS) is 10.8. The summed E-state index contributed by atoms with van der Waals surface area (Å²) in [4.78, 5) is 12.5. The predicted molar refractivity (Wildman–Crippen MR) is 88.2 cm³/mol. The van der Waals surface area contributed by atoms with Gasteiger partial charge in [0.25, 0.3) is 0 Å². The Labute approximate surface area is 123 Å². The second-order valence-corrected chi connectivity index (χ2v) is 4.89. The molecule has 0 fully saturated rings. The van der Waals surface area contributed by atoms with Crippen LogP contribution in [0, 0.1) is 0 Å². The van der Waals surface area contributed by atoms with Gasteiger partial charge in [0.1, 0.15) is 0 Å². The van der Waals surface area contributed by atoms with Crippen LogP contribution >= 0.6 is 0 Å². The highest BCUT2D eigenvalue weighted by Gasteiger charge is 2.12. The first-order chi connectivity index (χ1) is 10.2. The minimum absolute atomic E-state index is 0.0513. The fraction of sp³-hybridized carbons (Fsp3) is 0.118. The van der Waals surface area contributed by atoms with Crippen molar-refractivity contribution in [3.63, 3.8) is 0 Å². The average Bonchev–Trinajstić information content (AvgIpc) is 2.78. The smallest absolute Gasteiger partial charge is 0.333 e. The van der Waals surface area contributed by atoms with Gasteiger partial charge in [-0.15, -0.1) is 0 Å². The van der Waals surface area contributed by atoms with Gasteiger partial charge in [-0.3, -0.25) is 9.13 Å². The summed E-state index contributed by atoms with van der Waals surface area (Å²) >= 11 is 0. The van der Waals surface area contributed by atoms with Crippen molar-refractivity contribution in [3.05, 3.63) is 65.1 Å². The Morgan fingerprint density at radius 1 is 1.14 bits per heavy atom. The number of fused-ring (bicyclic) bond motifs is 1. The van der Waals surface area contributed by atoms with Crippen LogP contribution in [0.15, 0.2) is 53.8 Å². The first-order valence-corrected chi connectivity index (χ1v) is 6.78. The number of aromatic nitrogens is 2. The lowest BCUT2D eigenvalue weighted by molar-refractivity contribution is 0.846. The van der Waals surface area contributed by atoms with Crippen LogP contribution in [0.5, 0.6) is 0 Å². The van der Waals surface area contributed by atoms with E-state index >= 15 is 0 Å². The summed E-state index contributed by atoms with van der Waals surface area (Å²) in [6.07, 6.45) is 1.79. The molecule has 0 aliphatic rings. The van der Waals surface area contributed by atoms with Crippen LogP contribution in [0.2, 0.25) is 0 Å². The van der Waals surface area contributed by atoms with Crippen LogP contribution in [-0.2, 0) is 7.05 Å². The molecule has 0 aliphatic carbocycles. The van der Waals surface area contributed by atoms with E-state index in [-0.39, 0.29) is 5.69 Å². The van der Waals surface area contributed by atoms with Crippen LogP contribution in [-0.4, -0.2) is 16.2 Å². The molecule has 1 heterocycles. The van der Waals surface area contributed by atoms with Gasteiger partial charge in [0, 0.05) is 19.8 Å². The van der Waals surface area contributed by atoms with Crippen molar-refractivity contribution in [2.75, 3.05) is 12.4 Å². The third-order valence-electron chi connectivity index (χ3n) is 3.75. The fourth-order valence-electron chi connectivity index (χ4n) is 2.62. The first kappa shape index (κ1) is 13.2. The van der Waals surface area contributed by atoms with Gasteiger partial charge >= 0.3 is 5.69 Å². The van der Waals surface area contributed by atoms with Crippen LogP contribution < -0.4 is 11.0 Å². The van der Waals surface area contributed by atoms with Gasteiger partial charge in [-0.1, -0.05) is 30.9 Å². The topological polar surface area (TPSA) is 39.0 Å². The van der Waals surface area contributed by atoms with Crippen LogP contribution in [0.4, 0.5) is 5.69 Å². The Balaban J connectivity index is 2.33. The molecule has 0 aliphatic heterocycles. The molecule has 0 spiro atoms. The van der Waals surface area contributed by atoms with E-state index in [1.54, 1.807) is 22.3 Å². The molecular formula is C17H17N3O. The molecule has 1 N–H and O–H groups in total. The number of aryl methyl sites for hydroxylation is 1. The van der Waals surface area contributed by atoms with Crippen molar-refractivity contribution in [2.24, 2.45) is 7.05 Å². The maximum Gasteiger partial charge on any atom is 0.333 e. The Bertz CT molecular complexity index is 887. The predicted octanol–water partition coefficient (Wildman–Crippen LogP) is 3.01. The number of para-hydroxylation sites is 2. The highest BCUT2D eigenvalue weighted by Crippen LogP contribution is 2.23. The van der Waals surface area contributed by atoms with Gasteiger partial charge in [0.15, 0.2) is 0 Å². The number of benzene rings is 2. The third-order valence-corrected chi connectivity index (χ3v) is 3.75. The summed E-state index contributed by atoms with van der Waals surface area (Å²) in [6.45, 7) is 3.80. The third kappa shape index (κ3) is 1.96. The van der Waals surface area contributed by atoms with E-state index in [4.69, 9.17) is 0 Å². The number of nitrogens with zero attached hydrogens (tertiary/aromatic N) is 2. The van der Waals surface area contributed by atoms with Gasteiger partial charge in [0.05, 0.1) is 16.7 Å². The van der Waals surface area contributed by atoms with E-state index in [1.807, 2.05) is 49.5 Å². The number of imidazole rings is 1. The minimum atomic E-state index is -0.0513. The molecule has 0 atom stereocenters. The van der Waals surface area contributed by atoms with Gasteiger partial charge < -0.3 is 5.32 Å². The second kappa shape index (κ2) is 4.98. The molecule has 0 bridgehead atoms. The van der Waals surface area contributed by atoms with E-state index in [2.05, 4.69) is 11.9 Å². The summed E-state index contributed by atoms with van der Waals surface area (Å²) < 4.78 is 3.39. The van der Waals surface area contributed by atoms with Gasteiger partial charge in [-0.05, 0) is 29.8 Å². The van der Waals surface area contributed by atoms with Crippen molar-refractivity contribution < 1.29 is 0 Å². The number of anilines is 1. The Morgan fingerprint density at radius 2 is 1.86 bits per heavy atom. The molecule has 3 rings (SSSR count). The lowest BCUT2D eigenvalue weighted by atomic mass is 10.1. The number of rotatable bonds is 3. The molecule has 1 aromatic heterocycles. The van der Waals surface area contributed by atoms with Gasteiger partial charge in [0.2, 0.25) is 0 Å². The van der Waals surface area contributed by atoms with E-state index < -0.39 is 0 Å². The van der Waals surface area contributed by atoms with Crippen molar-refractivity contribution >= 4 is 22.8 Å². The fourth-order valence-corrected chi connectivity index (χ4v) is 2.62. The SMILES string of the molecule is C=Cc1ccc(-n2c(=O)n(C)c3ccccc32)cc1NC. The monoisotopic (exact) mass is 279 g/mol. The summed E-state index contributed by atoms with van der Waals surface area (Å²) in [5.41, 5.74) is 4.56. The zero-order chi connectivity index (χ0) is 15.0. The summed E-state index contributed by atoms with van der Waals surface area (Å²) in [6, 6.07) is 13.6. The quantitative estimate of drug-likeness (QED) is 0.800. The molecule has 21 heavy (non-hydrogen) atoms. The highest BCUT2D eigenvalue weighted by molar-refractivity contribution is 5.79. The number of hydrogen-bond acceptors (Lipinski definition) is 2. The summed E-state index contributed by atoms with van der Waals surface area (Å²) in [7, 11) is 3.65. The second-order valence-electron chi connectivity index (χ2n) is 4.89. The lowest BCUT2D eigenvalue weighted by Crippen LogP contribution is -2.20. The zero-order valence-corrected chi connectivity index (χ0v) is 12.1. The Kier molecular flexibility index (Phi) is 3.14. The average molecular weight is 279 g/mol. The first-order valence-electron chi connectivity index (χ1n) is 6.78. The molecule has 0 saturated heterocycles. The van der Waals surface area contributed by atoms with Crippen LogP contribution in [0.25, 0.3) is 22.8 Å². The van der Waals surface area contributed by atoms with Crippen LogP contribution in [0.3, 0.4) is 0 Å². The zero-order valence-electron chi connectivity index (χ0n) is 12.1. The molecule has 3 aromatic rings. The van der Waals surface area contributed by atoms with E-state index in [0.29, 0.717) is 0 Å². The molecular weight excluding hydrogens is 262 g/mol. The van der Waals surface area contributed by atoms with Crippen molar-refractivity contribution in [3.8, 4) is 5.69 Å². The standard InChI is InChI=1S/C17H17N3O/c1-4-12-9-10-13(11-14(12)18-2)20-16-8-6-5-7-15(16)19(3)17(20)21/h4-11,18H,1H2,2-3H3. The highest BCUT2D eigenvalue weighted by atomic mass is 16.1. The Morgan fingerprint density at radius 3 is 2.52 bits per heavy atom. The minimum Gasteiger partial charge on any atom is -0.388 e. The Hall–Kier alpha value is -2.75. The van der Waals surface area contributed by atoms with E-state index in [0.717, 1.165) is 28.0 Å². The molecule has 4 heteroatoms. The summed E-state index contributed by atoms with van der Waals surface area (Å²) in [5.74, 6) is 0. The largest absolute Gasteiger partial charge is 0.388 e. The molecule has 0 unspecified atom stereocenters. The molecule has 2 aromatic carbocycles. The molecule has 0 saturated carbocycles. The number of hydrogen-bond donors (Lipinski definition) is 1. The molecule has 106 valence electrons. The summed E-state index contributed by atoms with van der Waals surface area (Å²) in [5, 5.41) is 3.14. The van der Waals surface area contributed by atoms with Crippen molar-refractivity contribution in [1.82, 2.24) is 9.13 Å². The molecule has 4 nitrogen and oxygen atoms in total. The number of nitrogens with one attached hydrogen (secondary N) is 1. The van der Waals surface area contributed by atoms with Gasteiger partial charge in [-0.2, -0.15) is 0 Å².